The predicted molar refractivity (Wildman–Crippen MR) is 100 cm³/mol. The molecule has 0 saturated heterocycles. The number of nitrogens with one attached hydrogen (secondary N) is 3. The molecule has 0 radical (unpaired) electrons. The lowest BCUT2D eigenvalue weighted by Crippen LogP contribution is -2.41. The van der Waals surface area contributed by atoms with Gasteiger partial charge < -0.3 is 20.7 Å². The zero-order valence-electron chi connectivity index (χ0n) is 15.3. The average Bonchev–Trinajstić information content (AvgIpc) is 3.47. The van der Waals surface area contributed by atoms with Crippen LogP contribution in [0.5, 0.6) is 0 Å². The Morgan fingerprint density at radius 3 is 2.40 bits per heavy atom. The summed E-state index contributed by atoms with van der Waals surface area (Å²) in [5, 5.41) is 9.41. The lowest BCUT2D eigenvalue weighted by atomic mass is 10.1. The Morgan fingerprint density at radius 2 is 1.76 bits per heavy atom. The Kier molecular flexibility index (Phi) is 8.25. The molecule has 1 aromatic carbocycles. The quantitative estimate of drug-likeness (QED) is 0.343. The topological polar surface area (TPSA) is 74.8 Å². The molecule has 1 aliphatic carbocycles. The van der Waals surface area contributed by atoms with Crippen molar-refractivity contribution in [2.24, 2.45) is 10.9 Å². The number of benzene rings is 1. The summed E-state index contributed by atoms with van der Waals surface area (Å²) in [7, 11) is 0. The van der Waals surface area contributed by atoms with Gasteiger partial charge in [-0.3, -0.25) is 4.79 Å². The van der Waals surface area contributed by atoms with Crippen LogP contribution in [0.4, 0.5) is 0 Å². The van der Waals surface area contributed by atoms with E-state index in [4.69, 9.17) is 4.74 Å². The van der Waals surface area contributed by atoms with Crippen molar-refractivity contribution in [2.45, 2.75) is 39.8 Å². The summed E-state index contributed by atoms with van der Waals surface area (Å²) in [5.41, 5.74) is 2.32. The SMILES string of the molecule is CCNC(=NCc1ccc(COCC)cc1)NCCNC(=O)C1CC1. The van der Waals surface area contributed by atoms with E-state index in [-0.39, 0.29) is 11.8 Å². The minimum atomic E-state index is 0.177. The summed E-state index contributed by atoms with van der Waals surface area (Å²) in [6.45, 7) is 8.10. The van der Waals surface area contributed by atoms with Crippen LogP contribution in [0.1, 0.15) is 37.8 Å². The molecule has 0 bridgehead atoms. The molecule has 0 heterocycles. The van der Waals surface area contributed by atoms with Crippen LogP contribution in [0.15, 0.2) is 29.3 Å². The Labute approximate surface area is 150 Å². The third kappa shape index (κ3) is 7.56. The molecule has 1 amide bonds. The largest absolute Gasteiger partial charge is 0.377 e. The highest BCUT2D eigenvalue weighted by molar-refractivity contribution is 5.81. The van der Waals surface area contributed by atoms with Crippen LogP contribution in [0.3, 0.4) is 0 Å². The summed E-state index contributed by atoms with van der Waals surface area (Å²) in [6, 6.07) is 8.32. The van der Waals surface area contributed by atoms with Gasteiger partial charge in [-0.25, -0.2) is 4.99 Å². The second-order valence-corrected chi connectivity index (χ2v) is 6.14. The highest BCUT2D eigenvalue weighted by Crippen LogP contribution is 2.28. The Morgan fingerprint density at radius 1 is 1.08 bits per heavy atom. The van der Waals surface area contributed by atoms with Crippen LogP contribution in [-0.2, 0) is 22.7 Å². The van der Waals surface area contributed by atoms with Crippen molar-refractivity contribution in [1.82, 2.24) is 16.0 Å². The van der Waals surface area contributed by atoms with E-state index >= 15 is 0 Å². The zero-order chi connectivity index (χ0) is 17.9. The van der Waals surface area contributed by atoms with Gasteiger partial charge >= 0.3 is 0 Å². The molecule has 0 aliphatic heterocycles. The predicted octanol–water partition coefficient (Wildman–Crippen LogP) is 1.80. The maximum atomic E-state index is 11.6. The van der Waals surface area contributed by atoms with Gasteiger partial charge in [0.2, 0.25) is 5.91 Å². The van der Waals surface area contributed by atoms with Crippen molar-refractivity contribution in [3.63, 3.8) is 0 Å². The highest BCUT2D eigenvalue weighted by Gasteiger charge is 2.28. The van der Waals surface area contributed by atoms with Crippen molar-refractivity contribution in [2.75, 3.05) is 26.2 Å². The van der Waals surface area contributed by atoms with E-state index in [0.717, 1.165) is 37.5 Å². The maximum Gasteiger partial charge on any atom is 0.223 e. The van der Waals surface area contributed by atoms with Crippen molar-refractivity contribution in [3.05, 3.63) is 35.4 Å². The Balaban J connectivity index is 1.74. The molecule has 0 aromatic heterocycles. The fourth-order valence-electron chi connectivity index (χ4n) is 2.33. The van der Waals surface area contributed by atoms with Gasteiger partial charge in [-0.1, -0.05) is 24.3 Å². The molecule has 1 fully saturated rings. The van der Waals surface area contributed by atoms with E-state index in [1.807, 2.05) is 13.8 Å². The van der Waals surface area contributed by atoms with Gasteiger partial charge in [-0.05, 0) is 37.8 Å². The van der Waals surface area contributed by atoms with Crippen molar-refractivity contribution < 1.29 is 9.53 Å². The van der Waals surface area contributed by atoms with Gasteiger partial charge in [0.25, 0.3) is 0 Å². The molecule has 1 saturated carbocycles. The second kappa shape index (κ2) is 10.7. The first-order valence-electron chi connectivity index (χ1n) is 9.18. The molecule has 1 aromatic rings. The number of carbonyl (C=O) groups excluding carboxylic acids is 1. The molecule has 0 spiro atoms. The third-order valence-electron chi connectivity index (χ3n) is 3.92. The first-order chi connectivity index (χ1) is 12.2. The van der Waals surface area contributed by atoms with E-state index in [2.05, 4.69) is 45.2 Å². The summed E-state index contributed by atoms with van der Waals surface area (Å²) >= 11 is 0. The van der Waals surface area contributed by atoms with Gasteiger partial charge in [0.05, 0.1) is 13.2 Å². The number of nitrogens with zero attached hydrogens (tertiary/aromatic N) is 1. The van der Waals surface area contributed by atoms with E-state index in [0.29, 0.717) is 26.2 Å². The number of hydrogen-bond donors (Lipinski definition) is 3. The summed E-state index contributed by atoms with van der Waals surface area (Å²) in [6.07, 6.45) is 2.07. The molecule has 2 rings (SSSR count). The number of aliphatic imine (C=N–C) groups is 1. The minimum Gasteiger partial charge on any atom is -0.377 e. The van der Waals surface area contributed by atoms with Gasteiger partial charge in [0.15, 0.2) is 5.96 Å². The normalized spacial score (nSPS) is 14.2. The molecule has 0 atom stereocenters. The fraction of sp³-hybridized carbons (Fsp3) is 0.579. The summed E-state index contributed by atoms with van der Waals surface area (Å²) in [4.78, 5) is 16.2. The van der Waals surface area contributed by atoms with Crippen molar-refractivity contribution in [1.29, 1.82) is 0 Å². The Bertz CT molecular complexity index is 553. The van der Waals surface area contributed by atoms with E-state index in [9.17, 15) is 4.79 Å². The first kappa shape index (κ1) is 19.2. The fourth-order valence-corrected chi connectivity index (χ4v) is 2.33. The molecule has 138 valence electrons. The summed E-state index contributed by atoms with van der Waals surface area (Å²) < 4.78 is 5.40. The number of rotatable bonds is 10. The van der Waals surface area contributed by atoms with E-state index < -0.39 is 0 Å². The van der Waals surface area contributed by atoms with Crippen molar-refractivity contribution >= 4 is 11.9 Å². The monoisotopic (exact) mass is 346 g/mol. The number of carbonyl (C=O) groups is 1. The molecule has 1 aliphatic rings. The Hall–Kier alpha value is -2.08. The molecule has 25 heavy (non-hydrogen) atoms. The molecular formula is C19H30N4O2. The summed E-state index contributed by atoms with van der Waals surface area (Å²) in [5.74, 6) is 1.20. The van der Waals surface area contributed by atoms with Gasteiger partial charge in [0.1, 0.15) is 0 Å². The third-order valence-corrected chi connectivity index (χ3v) is 3.92. The van der Waals surface area contributed by atoms with Crippen LogP contribution in [0, 0.1) is 5.92 Å². The number of ether oxygens (including phenoxy) is 1. The van der Waals surface area contributed by atoms with Gasteiger partial charge in [0, 0.05) is 32.2 Å². The zero-order valence-corrected chi connectivity index (χ0v) is 15.3. The van der Waals surface area contributed by atoms with E-state index in [1.54, 1.807) is 0 Å². The maximum absolute atomic E-state index is 11.6. The number of amides is 1. The highest BCUT2D eigenvalue weighted by atomic mass is 16.5. The molecule has 3 N–H and O–H groups in total. The first-order valence-corrected chi connectivity index (χ1v) is 9.18. The molecule has 0 unspecified atom stereocenters. The molecule has 6 nitrogen and oxygen atoms in total. The second-order valence-electron chi connectivity index (χ2n) is 6.14. The van der Waals surface area contributed by atoms with Crippen LogP contribution in [-0.4, -0.2) is 38.1 Å². The van der Waals surface area contributed by atoms with Crippen LogP contribution >= 0.6 is 0 Å². The van der Waals surface area contributed by atoms with Crippen molar-refractivity contribution in [3.8, 4) is 0 Å². The minimum absolute atomic E-state index is 0.177. The van der Waals surface area contributed by atoms with Gasteiger partial charge in [-0.15, -0.1) is 0 Å². The van der Waals surface area contributed by atoms with Crippen LogP contribution in [0.25, 0.3) is 0 Å². The van der Waals surface area contributed by atoms with E-state index in [1.165, 1.54) is 5.56 Å². The standard InChI is InChI=1S/C19H30N4O2/c1-3-20-19(22-12-11-21-18(24)17-9-10-17)23-13-15-5-7-16(8-6-15)14-25-4-2/h5-8,17H,3-4,9-14H2,1-2H3,(H,21,24)(H2,20,22,23). The molecule has 6 heteroatoms. The van der Waals surface area contributed by atoms with Gasteiger partial charge in [-0.2, -0.15) is 0 Å². The van der Waals surface area contributed by atoms with Crippen LogP contribution < -0.4 is 16.0 Å². The number of guanidine groups is 1. The smallest absolute Gasteiger partial charge is 0.223 e. The number of hydrogen-bond acceptors (Lipinski definition) is 3. The lowest BCUT2D eigenvalue weighted by Gasteiger charge is -2.12. The average molecular weight is 346 g/mol. The lowest BCUT2D eigenvalue weighted by molar-refractivity contribution is -0.122. The molecular weight excluding hydrogens is 316 g/mol. The van der Waals surface area contributed by atoms with Crippen LogP contribution in [0.2, 0.25) is 0 Å².